The summed E-state index contributed by atoms with van der Waals surface area (Å²) < 4.78 is 5.16. The fraction of sp³-hybridized carbons (Fsp3) is 0.455. The van der Waals surface area contributed by atoms with E-state index in [4.69, 9.17) is 4.74 Å². The van der Waals surface area contributed by atoms with Crippen molar-refractivity contribution >= 4 is 12.4 Å². The number of benzene rings is 1. The van der Waals surface area contributed by atoms with Gasteiger partial charge in [-0.1, -0.05) is 6.07 Å². The number of methoxy groups -OCH3 is 1. The third-order valence-electron chi connectivity index (χ3n) is 2.70. The fourth-order valence-electron chi connectivity index (χ4n) is 1.91. The van der Waals surface area contributed by atoms with Crippen LogP contribution in [-0.2, 0) is 6.42 Å². The number of aliphatic hydroxyl groups is 1. The van der Waals surface area contributed by atoms with Crippen LogP contribution in [0.15, 0.2) is 18.2 Å². The topological polar surface area (TPSA) is 41.5 Å². The van der Waals surface area contributed by atoms with Gasteiger partial charge in [-0.05, 0) is 36.2 Å². The molecule has 0 aromatic heterocycles. The van der Waals surface area contributed by atoms with Crippen LogP contribution < -0.4 is 10.1 Å². The molecule has 4 heteroatoms. The number of halogens is 1. The molecule has 0 saturated heterocycles. The van der Waals surface area contributed by atoms with Crippen molar-refractivity contribution in [1.29, 1.82) is 0 Å². The first-order valence-electron chi connectivity index (χ1n) is 4.86. The maximum Gasteiger partial charge on any atom is 0.119 e. The normalized spacial score (nSPS) is 18.9. The lowest BCUT2D eigenvalue weighted by Gasteiger charge is -2.25. The van der Waals surface area contributed by atoms with Crippen LogP contribution in [0.25, 0.3) is 0 Å². The molecule has 1 atom stereocenters. The van der Waals surface area contributed by atoms with E-state index in [0.717, 1.165) is 24.3 Å². The summed E-state index contributed by atoms with van der Waals surface area (Å²) >= 11 is 0. The maximum atomic E-state index is 9.20. The van der Waals surface area contributed by atoms with Gasteiger partial charge in [-0.25, -0.2) is 0 Å². The summed E-state index contributed by atoms with van der Waals surface area (Å²) in [6, 6.07) is 6.12. The number of hydrogen-bond donors (Lipinski definition) is 2. The molecule has 0 bridgehead atoms. The quantitative estimate of drug-likeness (QED) is 0.803. The number of hydrogen-bond acceptors (Lipinski definition) is 3. The van der Waals surface area contributed by atoms with Gasteiger partial charge in [-0.15, -0.1) is 12.4 Å². The number of aliphatic hydroxyl groups excluding tert-OH is 1. The first-order valence-corrected chi connectivity index (χ1v) is 4.86. The maximum absolute atomic E-state index is 9.20. The molecule has 1 aromatic rings. The Morgan fingerprint density at radius 1 is 1.53 bits per heavy atom. The Bertz CT molecular complexity index is 330. The van der Waals surface area contributed by atoms with Crippen LogP contribution in [-0.4, -0.2) is 25.4 Å². The standard InChI is InChI=1S/C11H15NO2.ClH/c1-14-9-3-2-8-4-5-12-11(7-13)10(8)6-9;/h2-3,6,11-13H,4-5,7H2,1H3;1H. The molecule has 0 fully saturated rings. The van der Waals surface area contributed by atoms with Crippen LogP contribution in [0, 0.1) is 0 Å². The molecule has 1 unspecified atom stereocenters. The third-order valence-corrected chi connectivity index (χ3v) is 2.70. The lowest BCUT2D eigenvalue weighted by atomic mass is 9.94. The number of rotatable bonds is 2. The van der Waals surface area contributed by atoms with Gasteiger partial charge in [0.05, 0.1) is 19.8 Å². The second kappa shape index (κ2) is 5.35. The zero-order valence-corrected chi connectivity index (χ0v) is 9.51. The van der Waals surface area contributed by atoms with E-state index in [2.05, 4.69) is 11.4 Å². The smallest absolute Gasteiger partial charge is 0.119 e. The Hall–Kier alpha value is -0.770. The first kappa shape index (κ1) is 12.3. The second-order valence-corrected chi connectivity index (χ2v) is 3.50. The molecule has 1 aromatic carbocycles. The third kappa shape index (κ3) is 2.43. The molecule has 0 saturated carbocycles. The van der Waals surface area contributed by atoms with Crippen molar-refractivity contribution in [2.45, 2.75) is 12.5 Å². The largest absolute Gasteiger partial charge is 0.497 e. The van der Waals surface area contributed by atoms with Crippen molar-refractivity contribution in [3.05, 3.63) is 29.3 Å². The Morgan fingerprint density at radius 3 is 3.00 bits per heavy atom. The summed E-state index contributed by atoms with van der Waals surface area (Å²) in [6.45, 7) is 1.07. The van der Waals surface area contributed by atoms with Crippen molar-refractivity contribution in [3.63, 3.8) is 0 Å². The monoisotopic (exact) mass is 229 g/mol. The number of nitrogens with one attached hydrogen (secondary N) is 1. The average Bonchev–Trinajstić information content (AvgIpc) is 2.27. The van der Waals surface area contributed by atoms with E-state index < -0.39 is 0 Å². The Morgan fingerprint density at radius 2 is 2.33 bits per heavy atom. The van der Waals surface area contributed by atoms with Crippen LogP contribution in [0.2, 0.25) is 0 Å². The summed E-state index contributed by atoms with van der Waals surface area (Å²) in [5, 5.41) is 12.5. The van der Waals surface area contributed by atoms with Gasteiger partial charge < -0.3 is 15.2 Å². The van der Waals surface area contributed by atoms with E-state index in [-0.39, 0.29) is 25.1 Å². The molecule has 2 N–H and O–H groups in total. The van der Waals surface area contributed by atoms with Crippen LogP contribution in [0.5, 0.6) is 5.75 Å². The van der Waals surface area contributed by atoms with Crippen LogP contribution in [0.1, 0.15) is 17.2 Å². The van der Waals surface area contributed by atoms with Crippen molar-refractivity contribution in [1.82, 2.24) is 5.32 Å². The minimum atomic E-state index is 0. The highest BCUT2D eigenvalue weighted by molar-refractivity contribution is 5.85. The summed E-state index contributed by atoms with van der Waals surface area (Å²) in [5.41, 5.74) is 2.47. The van der Waals surface area contributed by atoms with Gasteiger partial charge in [-0.3, -0.25) is 0 Å². The molecule has 0 amide bonds. The van der Waals surface area contributed by atoms with Crippen molar-refractivity contribution < 1.29 is 9.84 Å². The van der Waals surface area contributed by atoms with Crippen LogP contribution in [0.4, 0.5) is 0 Å². The summed E-state index contributed by atoms with van der Waals surface area (Å²) in [6.07, 6.45) is 1.02. The van der Waals surface area contributed by atoms with Crippen molar-refractivity contribution in [2.24, 2.45) is 0 Å². The lowest BCUT2D eigenvalue weighted by molar-refractivity contribution is 0.240. The molecule has 1 aliphatic rings. The fourth-order valence-corrected chi connectivity index (χ4v) is 1.91. The predicted molar refractivity (Wildman–Crippen MR) is 61.8 cm³/mol. The van der Waals surface area contributed by atoms with Gasteiger partial charge in [0.15, 0.2) is 0 Å². The van der Waals surface area contributed by atoms with Gasteiger partial charge in [0.1, 0.15) is 5.75 Å². The molecule has 0 aliphatic carbocycles. The van der Waals surface area contributed by atoms with E-state index in [0.29, 0.717) is 0 Å². The molecule has 3 nitrogen and oxygen atoms in total. The van der Waals surface area contributed by atoms with E-state index in [1.807, 2.05) is 12.1 Å². The van der Waals surface area contributed by atoms with Crippen LogP contribution in [0.3, 0.4) is 0 Å². The van der Waals surface area contributed by atoms with Crippen LogP contribution >= 0.6 is 12.4 Å². The minimum Gasteiger partial charge on any atom is -0.497 e. The van der Waals surface area contributed by atoms with Gasteiger partial charge >= 0.3 is 0 Å². The molecule has 1 aliphatic heterocycles. The van der Waals surface area contributed by atoms with E-state index >= 15 is 0 Å². The molecule has 0 radical (unpaired) electrons. The zero-order chi connectivity index (χ0) is 9.97. The Balaban J connectivity index is 0.00000112. The van der Waals surface area contributed by atoms with Gasteiger partial charge in [0.25, 0.3) is 0 Å². The van der Waals surface area contributed by atoms with Gasteiger partial charge in [0, 0.05) is 0 Å². The van der Waals surface area contributed by atoms with Crippen molar-refractivity contribution in [2.75, 3.05) is 20.3 Å². The lowest BCUT2D eigenvalue weighted by Crippen LogP contribution is -2.31. The molecule has 0 spiro atoms. The molecular weight excluding hydrogens is 214 g/mol. The molecule has 15 heavy (non-hydrogen) atoms. The predicted octanol–water partition coefficient (Wildman–Crippen LogP) is 1.30. The van der Waals surface area contributed by atoms with Crippen molar-refractivity contribution in [3.8, 4) is 5.75 Å². The molecular formula is C11H16ClNO2. The number of ether oxygens (including phenoxy) is 1. The minimum absolute atomic E-state index is 0. The highest BCUT2D eigenvalue weighted by atomic mass is 35.5. The molecule has 84 valence electrons. The number of fused-ring (bicyclic) bond motifs is 1. The average molecular weight is 230 g/mol. The first-order chi connectivity index (χ1) is 6.85. The highest BCUT2D eigenvalue weighted by Gasteiger charge is 2.18. The summed E-state index contributed by atoms with van der Waals surface area (Å²) in [4.78, 5) is 0. The summed E-state index contributed by atoms with van der Waals surface area (Å²) in [7, 11) is 1.66. The molecule has 1 heterocycles. The Labute approximate surface area is 95.9 Å². The van der Waals surface area contributed by atoms with Gasteiger partial charge in [-0.2, -0.15) is 0 Å². The van der Waals surface area contributed by atoms with E-state index in [9.17, 15) is 5.11 Å². The Kier molecular flexibility index (Phi) is 4.39. The summed E-state index contributed by atoms with van der Waals surface area (Å²) in [5.74, 6) is 0.853. The van der Waals surface area contributed by atoms with E-state index in [1.165, 1.54) is 5.56 Å². The van der Waals surface area contributed by atoms with Gasteiger partial charge in [0.2, 0.25) is 0 Å². The second-order valence-electron chi connectivity index (χ2n) is 3.50. The highest BCUT2D eigenvalue weighted by Crippen LogP contribution is 2.26. The SMILES string of the molecule is COc1ccc2c(c1)C(CO)NCC2.Cl. The van der Waals surface area contributed by atoms with E-state index in [1.54, 1.807) is 7.11 Å². The zero-order valence-electron chi connectivity index (χ0n) is 8.69. The molecule has 2 rings (SSSR count).